The Kier molecular flexibility index (Phi) is 5.06. The molecule has 0 aromatic heterocycles. The fraction of sp³-hybridized carbons (Fsp3) is 0.909. The first-order chi connectivity index (χ1) is 7.04. The summed E-state index contributed by atoms with van der Waals surface area (Å²) in [4.78, 5) is 13.4. The van der Waals surface area contributed by atoms with Crippen LogP contribution in [0, 0.1) is 11.8 Å². The molecule has 4 heteroatoms. The molecule has 0 aliphatic carbocycles. The van der Waals surface area contributed by atoms with Crippen molar-refractivity contribution in [3.63, 3.8) is 0 Å². The van der Waals surface area contributed by atoms with E-state index in [4.69, 9.17) is 0 Å². The van der Waals surface area contributed by atoms with Gasteiger partial charge in [0.2, 0.25) is 0 Å². The van der Waals surface area contributed by atoms with Gasteiger partial charge >= 0.3 is 5.97 Å². The average molecular weight is 278 g/mol. The molecular weight excluding hydrogens is 258 g/mol. The fourth-order valence-corrected chi connectivity index (χ4v) is 2.54. The molecule has 88 valence electrons. The second-order valence-electron chi connectivity index (χ2n) is 4.49. The predicted octanol–water partition coefficient (Wildman–Crippen LogP) is 1.90. The van der Waals surface area contributed by atoms with E-state index in [1.807, 2.05) is 0 Å². The van der Waals surface area contributed by atoms with Crippen molar-refractivity contribution in [2.75, 3.05) is 26.7 Å². The Labute approximate surface area is 100 Å². The summed E-state index contributed by atoms with van der Waals surface area (Å²) in [5.41, 5.74) is 0. The van der Waals surface area contributed by atoms with Crippen LogP contribution in [0.5, 0.6) is 0 Å². The highest BCUT2D eigenvalue weighted by Gasteiger charge is 2.26. The molecule has 1 heterocycles. The molecule has 1 rings (SSSR count). The van der Waals surface area contributed by atoms with Gasteiger partial charge in [-0.1, -0.05) is 29.8 Å². The van der Waals surface area contributed by atoms with Crippen molar-refractivity contribution < 1.29 is 9.53 Å². The maximum atomic E-state index is 11.2. The number of alkyl halides is 1. The van der Waals surface area contributed by atoms with E-state index in [-0.39, 0.29) is 10.8 Å². The molecule has 0 spiro atoms. The van der Waals surface area contributed by atoms with Gasteiger partial charge in [-0.15, -0.1) is 0 Å². The summed E-state index contributed by atoms with van der Waals surface area (Å²) in [6.45, 7) is 7.50. The van der Waals surface area contributed by atoms with Crippen LogP contribution in [-0.4, -0.2) is 42.4 Å². The van der Waals surface area contributed by atoms with Crippen LogP contribution in [0.2, 0.25) is 0 Å². The molecule has 3 nitrogen and oxygen atoms in total. The molecule has 0 saturated carbocycles. The van der Waals surface area contributed by atoms with Gasteiger partial charge in [0.1, 0.15) is 4.83 Å². The van der Waals surface area contributed by atoms with Gasteiger partial charge < -0.3 is 9.64 Å². The standard InChI is InChI=1S/C11H20BrNO2/c1-8-4-5-13(6-9(8)2)7-10(12)11(14)15-3/h8-10H,4-7H2,1-3H3. The van der Waals surface area contributed by atoms with Crippen LogP contribution in [0.3, 0.4) is 0 Å². The molecule has 0 aromatic rings. The monoisotopic (exact) mass is 277 g/mol. The third kappa shape index (κ3) is 3.76. The minimum atomic E-state index is -0.192. The average Bonchev–Trinajstić information content (AvgIpc) is 2.22. The Hall–Kier alpha value is -0.0900. The summed E-state index contributed by atoms with van der Waals surface area (Å²) >= 11 is 3.36. The Bertz CT molecular complexity index is 223. The number of piperidine rings is 1. The lowest BCUT2D eigenvalue weighted by Gasteiger charge is -2.35. The molecule has 1 fully saturated rings. The summed E-state index contributed by atoms with van der Waals surface area (Å²) < 4.78 is 4.69. The fourth-order valence-electron chi connectivity index (χ4n) is 1.94. The van der Waals surface area contributed by atoms with Crippen molar-refractivity contribution in [3.8, 4) is 0 Å². The van der Waals surface area contributed by atoms with Crippen LogP contribution < -0.4 is 0 Å². The van der Waals surface area contributed by atoms with Crippen LogP contribution in [-0.2, 0) is 9.53 Å². The first-order valence-electron chi connectivity index (χ1n) is 5.48. The Morgan fingerprint density at radius 3 is 2.73 bits per heavy atom. The number of ether oxygens (including phenoxy) is 1. The van der Waals surface area contributed by atoms with E-state index in [1.165, 1.54) is 13.5 Å². The summed E-state index contributed by atoms with van der Waals surface area (Å²) in [5, 5.41) is 0. The zero-order valence-electron chi connectivity index (χ0n) is 9.70. The smallest absolute Gasteiger partial charge is 0.320 e. The number of halogens is 1. The van der Waals surface area contributed by atoms with Gasteiger partial charge in [0.05, 0.1) is 7.11 Å². The normalized spacial score (nSPS) is 29.9. The first-order valence-corrected chi connectivity index (χ1v) is 6.40. The van der Waals surface area contributed by atoms with Crippen molar-refractivity contribution in [3.05, 3.63) is 0 Å². The number of methoxy groups -OCH3 is 1. The lowest BCUT2D eigenvalue weighted by molar-refractivity contribution is -0.140. The van der Waals surface area contributed by atoms with Crippen molar-refractivity contribution >= 4 is 21.9 Å². The van der Waals surface area contributed by atoms with E-state index >= 15 is 0 Å². The highest BCUT2D eigenvalue weighted by molar-refractivity contribution is 9.10. The molecule has 15 heavy (non-hydrogen) atoms. The summed E-state index contributed by atoms with van der Waals surface area (Å²) in [5.74, 6) is 1.34. The maximum Gasteiger partial charge on any atom is 0.320 e. The Morgan fingerprint density at radius 2 is 2.20 bits per heavy atom. The van der Waals surface area contributed by atoms with Crippen LogP contribution in [0.1, 0.15) is 20.3 Å². The maximum absolute atomic E-state index is 11.2. The quantitative estimate of drug-likeness (QED) is 0.583. The third-order valence-electron chi connectivity index (χ3n) is 3.29. The topological polar surface area (TPSA) is 29.5 Å². The van der Waals surface area contributed by atoms with Gasteiger partial charge in [-0.3, -0.25) is 4.79 Å². The lowest BCUT2D eigenvalue weighted by Crippen LogP contribution is -2.42. The second-order valence-corrected chi connectivity index (χ2v) is 5.60. The number of esters is 1. The van der Waals surface area contributed by atoms with Gasteiger partial charge in [0, 0.05) is 13.1 Å². The lowest BCUT2D eigenvalue weighted by atomic mass is 9.89. The molecule has 0 N–H and O–H groups in total. The molecule has 3 unspecified atom stereocenters. The molecule has 1 saturated heterocycles. The number of likely N-dealkylation sites (tertiary alicyclic amines) is 1. The van der Waals surface area contributed by atoms with Gasteiger partial charge in [0.25, 0.3) is 0 Å². The van der Waals surface area contributed by atoms with E-state index in [0.29, 0.717) is 0 Å². The van der Waals surface area contributed by atoms with Gasteiger partial charge in [0.15, 0.2) is 0 Å². The van der Waals surface area contributed by atoms with E-state index in [0.717, 1.165) is 31.5 Å². The number of hydrogen-bond donors (Lipinski definition) is 0. The van der Waals surface area contributed by atoms with E-state index in [2.05, 4.69) is 39.4 Å². The minimum absolute atomic E-state index is 0.179. The van der Waals surface area contributed by atoms with Crippen molar-refractivity contribution in [2.45, 2.75) is 25.1 Å². The summed E-state index contributed by atoms with van der Waals surface area (Å²) in [7, 11) is 1.43. The van der Waals surface area contributed by atoms with E-state index < -0.39 is 0 Å². The van der Waals surface area contributed by atoms with Crippen LogP contribution >= 0.6 is 15.9 Å². The first kappa shape index (κ1) is 13.0. The molecule has 3 atom stereocenters. The van der Waals surface area contributed by atoms with Gasteiger partial charge in [-0.05, 0) is 24.8 Å². The SMILES string of the molecule is COC(=O)C(Br)CN1CCC(C)C(C)C1. The number of hydrogen-bond acceptors (Lipinski definition) is 3. The minimum Gasteiger partial charge on any atom is -0.468 e. The molecule has 0 amide bonds. The van der Waals surface area contributed by atoms with Crippen LogP contribution in [0.15, 0.2) is 0 Å². The molecule has 1 aliphatic heterocycles. The van der Waals surface area contributed by atoms with Gasteiger partial charge in [-0.25, -0.2) is 0 Å². The largest absolute Gasteiger partial charge is 0.468 e. The number of nitrogens with zero attached hydrogens (tertiary/aromatic N) is 1. The van der Waals surface area contributed by atoms with Crippen LogP contribution in [0.25, 0.3) is 0 Å². The molecule has 0 aromatic carbocycles. The molecule has 0 bridgehead atoms. The zero-order chi connectivity index (χ0) is 11.4. The Morgan fingerprint density at radius 1 is 1.53 bits per heavy atom. The number of rotatable bonds is 3. The van der Waals surface area contributed by atoms with E-state index in [9.17, 15) is 4.79 Å². The highest BCUT2D eigenvalue weighted by Crippen LogP contribution is 2.23. The predicted molar refractivity (Wildman–Crippen MR) is 64.1 cm³/mol. The van der Waals surface area contributed by atoms with Crippen LogP contribution in [0.4, 0.5) is 0 Å². The van der Waals surface area contributed by atoms with E-state index in [1.54, 1.807) is 0 Å². The Balaban J connectivity index is 2.36. The van der Waals surface area contributed by atoms with Crippen molar-refractivity contribution in [1.29, 1.82) is 0 Å². The van der Waals surface area contributed by atoms with Crippen molar-refractivity contribution in [2.24, 2.45) is 11.8 Å². The molecular formula is C11H20BrNO2. The zero-order valence-corrected chi connectivity index (χ0v) is 11.3. The van der Waals surface area contributed by atoms with Gasteiger partial charge in [-0.2, -0.15) is 0 Å². The summed E-state index contributed by atoms with van der Waals surface area (Å²) in [6, 6.07) is 0. The molecule has 0 radical (unpaired) electrons. The van der Waals surface area contributed by atoms with Crippen molar-refractivity contribution in [1.82, 2.24) is 4.90 Å². The highest BCUT2D eigenvalue weighted by atomic mass is 79.9. The molecule has 1 aliphatic rings. The number of carbonyl (C=O) groups excluding carboxylic acids is 1. The second kappa shape index (κ2) is 5.85. The number of carbonyl (C=O) groups is 1. The third-order valence-corrected chi connectivity index (χ3v) is 3.96. The summed E-state index contributed by atoms with van der Waals surface area (Å²) in [6.07, 6.45) is 1.22.